The van der Waals surface area contributed by atoms with Gasteiger partial charge in [-0.3, -0.25) is 0 Å². The number of ether oxygens (including phenoxy) is 2. The smallest absolute Gasteiger partial charge is 0.161 e. The molecular weight excluding hydrogens is 240 g/mol. The Morgan fingerprint density at radius 3 is 2.05 bits per heavy atom. The number of allylic oxidation sites excluding steroid dienone is 1. The number of hydrogen-bond donors (Lipinski definition) is 1. The van der Waals surface area contributed by atoms with Gasteiger partial charge in [0.15, 0.2) is 11.5 Å². The van der Waals surface area contributed by atoms with Gasteiger partial charge in [-0.1, -0.05) is 39.0 Å². The molecule has 0 heterocycles. The minimum Gasteiger partial charge on any atom is -0.504 e. The van der Waals surface area contributed by atoms with Crippen LogP contribution in [-0.4, -0.2) is 26.4 Å². The highest BCUT2D eigenvalue weighted by Crippen LogP contribution is 2.26. The highest BCUT2D eigenvalue weighted by molar-refractivity contribution is 5.55. The van der Waals surface area contributed by atoms with Gasteiger partial charge in [-0.15, -0.1) is 0 Å². The average molecular weight is 267 g/mol. The van der Waals surface area contributed by atoms with E-state index < -0.39 is 0 Å². The number of aromatic hydroxyl groups is 1. The van der Waals surface area contributed by atoms with E-state index in [0.29, 0.717) is 11.7 Å². The van der Waals surface area contributed by atoms with Crippen molar-refractivity contribution in [3.05, 3.63) is 36.8 Å². The van der Waals surface area contributed by atoms with Crippen molar-refractivity contribution in [3.63, 3.8) is 0 Å². The van der Waals surface area contributed by atoms with Crippen LogP contribution in [0.15, 0.2) is 24.3 Å². The first-order valence-corrected chi connectivity index (χ1v) is 6.15. The molecule has 0 saturated carbocycles. The van der Waals surface area contributed by atoms with Crippen LogP contribution in [0.1, 0.15) is 26.3 Å². The van der Waals surface area contributed by atoms with E-state index in [2.05, 4.69) is 25.5 Å². The third-order valence-corrected chi connectivity index (χ3v) is 1.56. The number of rotatable bonds is 2. The summed E-state index contributed by atoms with van der Waals surface area (Å²) in [6.07, 6.45) is 3.88. The minimum atomic E-state index is 0.172. The lowest BCUT2D eigenvalue weighted by Gasteiger charge is -2.03. The number of phenolic OH excluding ortho intramolecular Hbond substituents is 1. The number of benzene rings is 1. The molecule has 109 valence electrons. The Hall–Kier alpha value is -1.48. The zero-order chi connectivity index (χ0) is 15.3. The molecule has 3 nitrogen and oxygen atoms in total. The van der Waals surface area contributed by atoms with Gasteiger partial charge in [-0.25, -0.2) is 0 Å². The third-order valence-electron chi connectivity index (χ3n) is 1.56. The minimum absolute atomic E-state index is 0.172. The van der Waals surface area contributed by atoms with Crippen LogP contribution in [0.5, 0.6) is 11.5 Å². The highest BCUT2D eigenvalue weighted by atomic mass is 16.5. The number of phenols is 1. The largest absolute Gasteiger partial charge is 0.504 e. The van der Waals surface area contributed by atoms with Crippen molar-refractivity contribution in [2.24, 2.45) is 5.92 Å². The summed E-state index contributed by atoms with van der Waals surface area (Å²) in [7, 11) is 4.79. The van der Waals surface area contributed by atoms with Crippen molar-refractivity contribution in [1.82, 2.24) is 0 Å². The summed E-state index contributed by atoms with van der Waals surface area (Å²) in [5.74, 6) is 1.26. The van der Waals surface area contributed by atoms with Crippen LogP contribution in [0, 0.1) is 12.8 Å². The molecule has 3 heteroatoms. The predicted molar refractivity (Wildman–Crippen MR) is 82.5 cm³/mol. The molecule has 0 saturated heterocycles. The molecule has 1 N–H and O–H groups in total. The van der Waals surface area contributed by atoms with Gasteiger partial charge in [-0.05, 0) is 30.5 Å². The van der Waals surface area contributed by atoms with Crippen molar-refractivity contribution in [2.45, 2.75) is 20.8 Å². The Balaban J connectivity index is 0. The molecular formula is C16H27O3. The first-order valence-electron chi connectivity index (χ1n) is 6.15. The second kappa shape index (κ2) is 13.0. The van der Waals surface area contributed by atoms with Gasteiger partial charge in [0, 0.05) is 14.2 Å². The zero-order valence-corrected chi connectivity index (χ0v) is 12.9. The van der Waals surface area contributed by atoms with Crippen molar-refractivity contribution in [3.8, 4) is 11.5 Å². The number of hydrogen-bond acceptors (Lipinski definition) is 3. The molecule has 0 spiro atoms. The maximum absolute atomic E-state index is 9.25. The molecule has 19 heavy (non-hydrogen) atoms. The second-order valence-electron chi connectivity index (χ2n) is 4.23. The summed E-state index contributed by atoms with van der Waals surface area (Å²) >= 11 is 0. The maximum atomic E-state index is 9.25. The van der Waals surface area contributed by atoms with Gasteiger partial charge in [0.05, 0.1) is 7.11 Å². The third kappa shape index (κ3) is 12.8. The lowest BCUT2D eigenvalue weighted by atomic mass is 10.2. The fraction of sp³-hybridized carbons (Fsp3) is 0.438. The van der Waals surface area contributed by atoms with Crippen LogP contribution in [-0.2, 0) is 4.74 Å². The summed E-state index contributed by atoms with van der Waals surface area (Å²) in [5, 5.41) is 9.25. The summed E-state index contributed by atoms with van der Waals surface area (Å²) in [6.45, 7) is 9.69. The quantitative estimate of drug-likeness (QED) is 0.874. The van der Waals surface area contributed by atoms with Crippen LogP contribution in [0.25, 0.3) is 6.08 Å². The van der Waals surface area contributed by atoms with E-state index >= 15 is 0 Å². The summed E-state index contributed by atoms with van der Waals surface area (Å²) in [5.41, 5.74) is 1.02. The van der Waals surface area contributed by atoms with Gasteiger partial charge in [0.1, 0.15) is 0 Å². The van der Waals surface area contributed by atoms with Gasteiger partial charge in [0.2, 0.25) is 0 Å². The molecule has 0 fully saturated rings. The Labute approximate surface area is 117 Å². The van der Waals surface area contributed by atoms with E-state index in [1.807, 2.05) is 25.1 Å². The van der Waals surface area contributed by atoms with Gasteiger partial charge >= 0.3 is 0 Å². The van der Waals surface area contributed by atoms with E-state index in [0.717, 1.165) is 5.56 Å². The van der Waals surface area contributed by atoms with Crippen molar-refractivity contribution >= 4 is 6.08 Å². The Kier molecular flexibility index (Phi) is 13.5. The molecule has 1 rings (SSSR count). The molecule has 0 aromatic heterocycles. The molecule has 0 unspecified atom stereocenters. The molecule has 0 amide bonds. The molecule has 1 aromatic carbocycles. The first kappa shape index (κ1) is 19.9. The zero-order valence-electron chi connectivity index (χ0n) is 12.9. The van der Waals surface area contributed by atoms with Crippen LogP contribution in [0.3, 0.4) is 0 Å². The summed E-state index contributed by atoms with van der Waals surface area (Å²) in [4.78, 5) is 0. The molecule has 1 radical (unpaired) electrons. The molecule has 0 aliphatic carbocycles. The number of methoxy groups -OCH3 is 2. The Bertz CT molecular complexity index is 341. The summed E-state index contributed by atoms with van der Waals surface area (Å²) < 4.78 is 9.20. The van der Waals surface area contributed by atoms with Crippen molar-refractivity contribution in [2.75, 3.05) is 21.3 Å². The van der Waals surface area contributed by atoms with E-state index in [-0.39, 0.29) is 5.75 Å². The normalized spacial score (nSPS) is 9.47. The molecule has 0 bridgehead atoms. The molecule has 1 aromatic rings. The first-order chi connectivity index (χ1) is 8.92. The maximum Gasteiger partial charge on any atom is 0.161 e. The lowest BCUT2D eigenvalue weighted by molar-refractivity contribution is 0.277. The van der Waals surface area contributed by atoms with Gasteiger partial charge in [-0.2, -0.15) is 0 Å². The average Bonchev–Trinajstić information content (AvgIpc) is 2.32. The Morgan fingerprint density at radius 1 is 1.21 bits per heavy atom. The topological polar surface area (TPSA) is 38.7 Å². The van der Waals surface area contributed by atoms with E-state index in [1.54, 1.807) is 26.4 Å². The fourth-order valence-corrected chi connectivity index (χ4v) is 0.990. The summed E-state index contributed by atoms with van der Waals surface area (Å²) in [6, 6.07) is 5.24. The standard InChI is InChI=1S/C10H12O2.C4H9.C2H6O/c1-3-4-8-5-6-9(11)10(7-8)12-2;1-4(2)3;1-3-2/h3-7,11H,1-2H3;4H,1H2,2-3H3;1-2H3/b4-3+;;. The van der Waals surface area contributed by atoms with Crippen molar-refractivity contribution in [1.29, 1.82) is 0 Å². The fourth-order valence-electron chi connectivity index (χ4n) is 0.990. The van der Waals surface area contributed by atoms with E-state index in [9.17, 15) is 5.11 Å². The monoisotopic (exact) mass is 267 g/mol. The van der Waals surface area contributed by atoms with Crippen LogP contribution in [0.4, 0.5) is 0 Å². The van der Waals surface area contributed by atoms with Gasteiger partial charge < -0.3 is 14.6 Å². The van der Waals surface area contributed by atoms with E-state index in [4.69, 9.17) is 4.74 Å². The van der Waals surface area contributed by atoms with Crippen LogP contribution >= 0.6 is 0 Å². The SMILES string of the molecule is C/C=C/c1ccc(O)c(OC)c1.COC.[CH2]C(C)C. The van der Waals surface area contributed by atoms with Crippen molar-refractivity contribution < 1.29 is 14.6 Å². The molecule has 0 aliphatic rings. The molecule has 0 aliphatic heterocycles. The van der Waals surface area contributed by atoms with E-state index in [1.165, 1.54) is 7.11 Å². The van der Waals surface area contributed by atoms with Crippen LogP contribution < -0.4 is 4.74 Å². The second-order valence-corrected chi connectivity index (χ2v) is 4.23. The molecule has 0 atom stereocenters. The van der Waals surface area contributed by atoms with Crippen LogP contribution in [0.2, 0.25) is 0 Å². The van der Waals surface area contributed by atoms with Gasteiger partial charge in [0.25, 0.3) is 0 Å². The highest BCUT2D eigenvalue weighted by Gasteiger charge is 1.99. The Morgan fingerprint density at radius 2 is 1.68 bits per heavy atom. The lowest BCUT2D eigenvalue weighted by Crippen LogP contribution is -1.83. The predicted octanol–water partition coefficient (Wildman–Crippen LogP) is 4.17.